The van der Waals surface area contributed by atoms with Gasteiger partial charge < -0.3 is 0 Å². The molecule has 0 unspecified atom stereocenters. The Morgan fingerprint density at radius 1 is 1.50 bits per heavy atom. The summed E-state index contributed by atoms with van der Waals surface area (Å²) in [7, 11) is -2.10. The van der Waals surface area contributed by atoms with Crippen LogP contribution >= 0.6 is 11.3 Å². The zero-order chi connectivity index (χ0) is 8.55. The molecule has 12 heavy (non-hydrogen) atoms. The van der Waals surface area contributed by atoms with Crippen LogP contribution in [0.4, 0.5) is 0 Å². The summed E-state index contributed by atoms with van der Waals surface area (Å²) in [5, 5.41) is 0.769. The molecule has 1 heterocycles. The molecule has 0 bridgehead atoms. The van der Waals surface area contributed by atoms with Crippen LogP contribution in [0.1, 0.15) is 6.42 Å². The number of aromatic nitrogens is 1. The van der Waals surface area contributed by atoms with Crippen molar-refractivity contribution in [3.63, 3.8) is 0 Å². The van der Waals surface area contributed by atoms with E-state index in [9.17, 15) is 8.42 Å². The van der Waals surface area contributed by atoms with Gasteiger partial charge in [0.2, 0.25) is 10.3 Å². The molecule has 3 nitrogen and oxygen atoms in total. The van der Waals surface area contributed by atoms with Crippen molar-refractivity contribution in [2.24, 2.45) is 0 Å². The van der Waals surface area contributed by atoms with Crippen LogP contribution in [0.3, 0.4) is 0 Å². The molecule has 0 atom stereocenters. The third-order valence-corrected chi connectivity index (χ3v) is 3.18. The maximum absolute atomic E-state index is 10.6. The third kappa shape index (κ3) is 1.21. The van der Waals surface area contributed by atoms with Gasteiger partial charge in [0.15, 0.2) is 0 Å². The van der Waals surface area contributed by atoms with Crippen molar-refractivity contribution in [3.05, 3.63) is 15.4 Å². The topological polar surface area (TPSA) is 47.0 Å². The maximum Gasteiger partial charge on any atom is 0.217 e. The molecule has 0 fully saturated rings. The van der Waals surface area contributed by atoms with E-state index in [2.05, 4.69) is 4.98 Å². The van der Waals surface area contributed by atoms with Gasteiger partial charge in [-0.25, -0.2) is 4.98 Å². The molecule has 0 radical (unpaired) electrons. The molecule has 1 aromatic heterocycles. The first-order chi connectivity index (χ1) is 5.77. The van der Waals surface area contributed by atoms with Crippen molar-refractivity contribution < 1.29 is 8.42 Å². The molecule has 0 saturated heterocycles. The monoisotopic (exact) mass is 199 g/mol. The summed E-state index contributed by atoms with van der Waals surface area (Å²) in [6.07, 6.45) is 4.00. The first-order valence-corrected chi connectivity index (χ1v) is 5.29. The second-order valence-electron chi connectivity index (χ2n) is 2.36. The predicted molar refractivity (Wildman–Crippen MR) is 48.8 cm³/mol. The molecule has 0 amide bonds. The van der Waals surface area contributed by atoms with E-state index in [4.69, 9.17) is 0 Å². The van der Waals surface area contributed by atoms with Crippen LogP contribution in [0.2, 0.25) is 0 Å². The molecule has 0 aromatic carbocycles. The molecule has 0 aliphatic heterocycles. The highest BCUT2D eigenvalue weighted by atomic mass is 32.2. The smallest absolute Gasteiger partial charge is 0.217 e. The second-order valence-corrected chi connectivity index (χ2v) is 4.24. The van der Waals surface area contributed by atoms with Gasteiger partial charge in [-0.15, -0.1) is 11.3 Å². The van der Waals surface area contributed by atoms with Crippen LogP contribution in [0.25, 0.3) is 12.2 Å². The largest absolute Gasteiger partial charge is 0.245 e. The number of hydrogen-bond acceptors (Lipinski definition) is 4. The van der Waals surface area contributed by atoms with Crippen LogP contribution in [-0.4, -0.2) is 18.3 Å². The van der Waals surface area contributed by atoms with Crippen molar-refractivity contribution in [3.8, 4) is 0 Å². The van der Waals surface area contributed by atoms with Crippen molar-refractivity contribution in [2.75, 3.05) is 0 Å². The Balaban J connectivity index is 2.84. The van der Waals surface area contributed by atoms with Gasteiger partial charge in [0.1, 0.15) is 0 Å². The SMILES string of the molecule is O=S(=O)=C1C=c2ncsc2=CC1. The van der Waals surface area contributed by atoms with Gasteiger partial charge in [0.05, 0.1) is 20.3 Å². The number of thiazole rings is 1. The van der Waals surface area contributed by atoms with E-state index in [1.54, 1.807) is 11.6 Å². The van der Waals surface area contributed by atoms with Crippen molar-refractivity contribution in [1.29, 1.82) is 0 Å². The molecule has 0 spiro atoms. The van der Waals surface area contributed by atoms with Crippen LogP contribution in [0, 0.1) is 0 Å². The van der Waals surface area contributed by atoms with Gasteiger partial charge in [-0.1, -0.05) is 6.08 Å². The van der Waals surface area contributed by atoms with Gasteiger partial charge in [-0.3, -0.25) is 0 Å². The normalized spacial score (nSPS) is 14.5. The van der Waals surface area contributed by atoms with E-state index in [1.807, 2.05) is 6.08 Å². The molecule has 1 aliphatic rings. The fourth-order valence-corrected chi connectivity index (χ4v) is 2.16. The molecule has 2 rings (SSSR count). The summed E-state index contributed by atoms with van der Waals surface area (Å²) in [5.74, 6) is 0. The minimum absolute atomic E-state index is 0.411. The highest BCUT2D eigenvalue weighted by Gasteiger charge is 2.02. The van der Waals surface area contributed by atoms with Gasteiger partial charge in [-0.05, 0) is 6.08 Å². The molecular weight excluding hydrogens is 194 g/mol. The second kappa shape index (κ2) is 2.84. The number of rotatable bonds is 0. The highest BCUT2D eigenvalue weighted by molar-refractivity contribution is 7.73. The summed E-state index contributed by atoms with van der Waals surface area (Å²) in [5.41, 5.74) is 1.72. The number of hydrogen-bond donors (Lipinski definition) is 0. The highest BCUT2D eigenvalue weighted by Crippen LogP contribution is 1.93. The van der Waals surface area contributed by atoms with Gasteiger partial charge in [0, 0.05) is 6.42 Å². The molecular formula is C7H5NO2S2. The maximum atomic E-state index is 10.6. The summed E-state index contributed by atoms with van der Waals surface area (Å²) < 4.78 is 22.2. The Morgan fingerprint density at radius 3 is 3.08 bits per heavy atom. The fraction of sp³-hybridized carbons (Fsp3) is 0.143. The summed E-state index contributed by atoms with van der Waals surface area (Å²) >= 11 is 1.53. The Hall–Kier alpha value is -0.940. The van der Waals surface area contributed by atoms with Crippen molar-refractivity contribution in [1.82, 2.24) is 4.98 Å². The lowest BCUT2D eigenvalue weighted by Crippen LogP contribution is -2.26. The van der Waals surface area contributed by atoms with Crippen LogP contribution in [-0.2, 0) is 10.3 Å². The zero-order valence-electron chi connectivity index (χ0n) is 6.02. The third-order valence-electron chi connectivity index (χ3n) is 1.62. The van der Waals surface area contributed by atoms with Gasteiger partial charge in [-0.2, -0.15) is 8.42 Å². The fourth-order valence-electron chi connectivity index (χ4n) is 1.05. The lowest BCUT2D eigenvalue weighted by molar-refractivity contribution is 0.627. The Morgan fingerprint density at radius 2 is 2.33 bits per heavy atom. The Labute approximate surface area is 74.2 Å². The number of nitrogens with zero attached hydrogens (tertiary/aromatic N) is 1. The van der Waals surface area contributed by atoms with Crippen LogP contribution < -0.4 is 9.88 Å². The standard InChI is InChI=1S/C7H5NO2S2/c9-12(10)5-1-2-7-6(3-5)8-4-11-7/h2-4H,1H2. The van der Waals surface area contributed by atoms with E-state index >= 15 is 0 Å². The van der Waals surface area contributed by atoms with Gasteiger partial charge >= 0.3 is 0 Å². The van der Waals surface area contributed by atoms with E-state index in [0.29, 0.717) is 11.3 Å². The lowest BCUT2D eigenvalue weighted by atomic mass is 10.2. The molecule has 0 N–H and O–H groups in total. The average Bonchev–Trinajstić information content (AvgIpc) is 2.49. The molecule has 62 valence electrons. The summed E-state index contributed by atoms with van der Waals surface area (Å²) in [6.45, 7) is 0. The quantitative estimate of drug-likeness (QED) is 0.512. The van der Waals surface area contributed by atoms with Crippen molar-refractivity contribution >= 4 is 38.6 Å². The Kier molecular flexibility index (Phi) is 1.82. The first kappa shape index (κ1) is 7.70. The summed E-state index contributed by atoms with van der Waals surface area (Å²) in [6, 6.07) is 0. The summed E-state index contributed by atoms with van der Waals surface area (Å²) in [4.78, 5) is 4.44. The zero-order valence-corrected chi connectivity index (χ0v) is 7.65. The number of fused-ring (bicyclic) bond motifs is 1. The minimum Gasteiger partial charge on any atom is -0.245 e. The van der Waals surface area contributed by atoms with E-state index in [-0.39, 0.29) is 0 Å². The average molecular weight is 199 g/mol. The van der Waals surface area contributed by atoms with E-state index < -0.39 is 10.3 Å². The van der Waals surface area contributed by atoms with Crippen LogP contribution in [0.5, 0.6) is 0 Å². The first-order valence-electron chi connectivity index (χ1n) is 3.34. The predicted octanol–water partition coefficient (Wildman–Crippen LogP) is -0.841. The van der Waals surface area contributed by atoms with E-state index in [1.165, 1.54) is 11.3 Å². The minimum atomic E-state index is -2.10. The van der Waals surface area contributed by atoms with Crippen molar-refractivity contribution in [2.45, 2.75) is 6.42 Å². The lowest BCUT2D eigenvalue weighted by Gasteiger charge is -1.92. The van der Waals surface area contributed by atoms with E-state index in [0.717, 1.165) is 9.88 Å². The van der Waals surface area contributed by atoms with Gasteiger partial charge in [0.25, 0.3) is 0 Å². The molecule has 1 aliphatic carbocycles. The molecule has 1 aromatic rings. The Bertz CT molecular complexity index is 542. The molecule has 0 saturated carbocycles. The van der Waals surface area contributed by atoms with Crippen LogP contribution in [0.15, 0.2) is 5.51 Å². The molecule has 5 heteroatoms.